The number of nitriles is 1. The Morgan fingerprint density at radius 1 is 1.21 bits per heavy atom. The summed E-state index contributed by atoms with van der Waals surface area (Å²) >= 11 is 0. The van der Waals surface area contributed by atoms with Gasteiger partial charge in [0.25, 0.3) is 5.91 Å². The third kappa shape index (κ3) is 3.32. The van der Waals surface area contributed by atoms with Crippen molar-refractivity contribution in [3.05, 3.63) is 53.9 Å². The number of anilines is 1. The predicted octanol–water partition coefficient (Wildman–Crippen LogP) is 1.70. The summed E-state index contributed by atoms with van der Waals surface area (Å²) in [6.45, 7) is 3.01. The van der Waals surface area contributed by atoms with Gasteiger partial charge in [0.15, 0.2) is 0 Å². The van der Waals surface area contributed by atoms with Crippen LogP contribution in [0.3, 0.4) is 0 Å². The minimum Gasteiger partial charge on any atom is -0.396 e. The highest BCUT2D eigenvalue weighted by Gasteiger charge is 2.48. The molecule has 1 N–H and O–H groups in total. The average molecular weight is 377 g/mol. The zero-order chi connectivity index (χ0) is 19.6. The Balaban J connectivity index is 1.44. The van der Waals surface area contributed by atoms with Gasteiger partial charge in [0.1, 0.15) is 0 Å². The number of likely N-dealkylation sites (tertiary alicyclic amines) is 1. The molecule has 1 unspecified atom stereocenters. The minimum atomic E-state index is -0.0185. The van der Waals surface area contributed by atoms with E-state index in [9.17, 15) is 9.90 Å². The molecule has 7 heteroatoms. The highest BCUT2D eigenvalue weighted by molar-refractivity contribution is 5.94. The summed E-state index contributed by atoms with van der Waals surface area (Å²) in [6, 6.07) is 10.6. The summed E-state index contributed by atoms with van der Waals surface area (Å²) in [4.78, 5) is 25.5. The van der Waals surface area contributed by atoms with E-state index < -0.39 is 0 Å². The van der Waals surface area contributed by atoms with Gasteiger partial charge in [-0.25, -0.2) is 9.97 Å². The highest BCUT2D eigenvalue weighted by Crippen LogP contribution is 2.45. The van der Waals surface area contributed by atoms with Gasteiger partial charge in [0.2, 0.25) is 5.95 Å². The molecule has 0 radical (unpaired) electrons. The summed E-state index contributed by atoms with van der Waals surface area (Å²) in [5.74, 6) is 0.860. The smallest absolute Gasteiger partial charge is 0.253 e. The average Bonchev–Trinajstić information content (AvgIpc) is 3.12. The van der Waals surface area contributed by atoms with E-state index in [1.54, 1.807) is 42.7 Å². The number of aliphatic hydroxyl groups is 1. The summed E-state index contributed by atoms with van der Waals surface area (Å²) < 4.78 is 0. The number of carbonyl (C=O) groups excluding carboxylic acids is 1. The molecule has 1 spiro atoms. The maximum absolute atomic E-state index is 12.8. The van der Waals surface area contributed by atoms with Crippen LogP contribution >= 0.6 is 0 Å². The summed E-state index contributed by atoms with van der Waals surface area (Å²) in [7, 11) is 0. The maximum atomic E-state index is 12.8. The number of piperidine rings is 1. The first-order chi connectivity index (χ1) is 13.6. The van der Waals surface area contributed by atoms with Crippen LogP contribution in [0, 0.1) is 22.7 Å². The Morgan fingerprint density at radius 2 is 1.89 bits per heavy atom. The Morgan fingerprint density at radius 3 is 2.50 bits per heavy atom. The lowest BCUT2D eigenvalue weighted by molar-refractivity contribution is 0.0416. The van der Waals surface area contributed by atoms with Crippen molar-refractivity contribution in [3.63, 3.8) is 0 Å². The fourth-order valence-electron chi connectivity index (χ4n) is 4.48. The van der Waals surface area contributed by atoms with Crippen LogP contribution in [0.5, 0.6) is 0 Å². The van der Waals surface area contributed by atoms with E-state index >= 15 is 0 Å². The number of hydrogen-bond acceptors (Lipinski definition) is 6. The molecule has 4 rings (SSSR count). The number of carbonyl (C=O) groups is 1. The van der Waals surface area contributed by atoms with Crippen molar-refractivity contribution < 1.29 is 9.90 Å². The summed E-state index contributed by atoms with van der Waals surface area (Å²) in [5, 5.41) is 18.9. The number of aromatic nitrogens is 2. The van der Waals surface area contributed by atoms with E-state index in [4.69, 9.17) is 5.26 Å². The second kappa shape index (κ2) is 7.56. The van der Waals surface area contributed by atoms with Gasteiger partial charge >= 0.3 is 0 Å². The minimum absolute atomic E-state index is 0.00105. The van der Waals surface area contributed by atoms with Crippen LogP contribution in [0.25, 0.3) is 0 Å². The van der Waals surface area contributed by atoms with Crippen LogP contribution < -0.4 is 4.90 Å². The van der Waals surface area contributed by atoms with E-state index in [-0.39, 0.29) is 23.8 Å². The van der Waals surface area contributed by atoms with Crippen LogP contribution in [-0.4, -0.2) is 58.7 Å². The van der Waals surface area contributed by atoms with Crippen molar-refractivity contribution in [2.45, 2.75) is 12.8 Å². The van der Waals surface area contributed by atoms with Crippen LogP contribution in [-0.2, 0) is 0 Å². The Labute approximate surface area is 164 Å². The molecule has 2 aliphatic heterocycles. The molecule has 2 saturated heterocycles. The second-order valence-electron chi connectivity index (χ2n) is 7.65. The molecule has 2 aliphatic rings. The standard InChI is InChI=1S/C21H23N5O2/c22-12-16-2-4-17(5-3-16)19(28)25-10-6-21(7-11-25)15-26(13-18(21)14-27)20-23-8-1-9-24-20/h1-5,8-9,18,27H,6-7,10-11,13-15H2. The molecule has 1 aromatic carbocycles. The van der Waals surface area contributed by atoms with Crippen LogP contribution in [0.2, 0.25) is 0 Å². The number of hydrogen-bond donors (Lipinski definition) is 1. The molecule has 144 valence electrons. The fourth-order valence-corrected chi connectivity index (χ4v) is 4.48. The number of aliphatic hydroxyl groups excluding tert-OH is 1. The summed E-state index contributed by atoms with van der Waals surface area (Å²) in [6.07, 6.45) is 5.17. The topological polar surface area (TPSA) is 93.4 Å². The normalized spacial score (nSPS) is 20.9. The van der Waals surface area contributed by atoms with E-state index in [0.29, 0.717) is 30.2 Å². The van der Waals surface area contributed by atoms with Crippen molar-refractivity contribution >= 4 is 11.9 Å². The highest BCUT2D eigenvalue weighted by atomic mass is 16.3. The van der Waals surface area contributed by atoms with Gasteiger partial charge in [-0.1, -0.05) is 0 Å². The van der Waals surface area contributed by atoms with Crippen molar-refractivity contribution in [2.75, 3.05) is 37.7 Å². The maximum Gasteiger partial charge on any atom is 0.253 e. The van der Waals surface area contributed by atoms with Crippen molar-refractivity contribution in [3.8, 4) is 6.07 Å². The molecule has 0 bridgehead atoms. The monoisotopic (exact) mass is 377 g/mol. The Bertz CT molecular complexity index is 870. The predicted molar refractivity (Wildman–Crippen MR) is 104 cm³/mol. The van der Waals surface area contributed by atoms with Gasteiger partial charge in [0, 0.05) is 56.7 Å². The van der Waals surface area contributed by atoms with Gasteiger partial charge in [-0.2, -0.15) is 5.26 Å². The number of amides is 1. The van der Waals surface area contributed by atoms with Crippen molar-refractivity contribution in [2.24, 2.45) is 11.3 Å². The molecule has 1 atom stereocenters. The van der Waals surface area contributed by atoms with E-state index in [1.807, 2.05) is 4.90 Å². The van der Waals surface area contributed by atoms with Gasteiger partial charge in [-0.15, -0.1) is 0 Å². The van der Waals surface area contributed by atoms with E-state index in [0.717, 1.165) is 25.9 Å². The van der Waals surface area contributed by atoms with Gasteiger partial charge < -0.3 is 14.9 Å². The molecular formula is C21H23N5O2. The van der Waals surface area contributed by atoms with Gasteiger partial charge in [-0.05, 0) is 48.6 Å². The largest absolute Gasteiger partial charge is 0.396 e. The molecular weight excluding hydrogens is 354 g/mol. The molecule has 3 heterocycles. The number of benzene rings is 1. The lowest BCUT2D eigenvalue weighted by atomic mass is 9.71. The van der Waals surface area contributed by atoms with E-state index in [2.05, 4.69) is 20.9 Å². The number of rotatable bonds is 3. The third-order valence-electron chi connectivity index (χ3n) is 6.18. The first-order valence-electron chi connectivity index (χ1n) is 9.57. The zero-order valence-corrected chi connectivity index (χ0v) is 15.7. The molecule has 2 aromatic rings. The molecule has 0 saturated carbocycles. The summed E-state index contributed by atoms with van der Waals surface area (Å²) in [5.41, 5.74) is 1.14. The Hall–Kier alpha value is -2.98. The van der Waals surface area contributed by atoms with Crippen LogP contribution in [0.1, 0.15) is 28.8 Å². The first kappa shape index (κ1) is 18.4. The molecule has 0 aliphatic carbocycles. The SMILES string of the molecule is N#Cc1ccc(C(=O)N2CCC3(CC2)CN(c2ncccn2)CC3CO)cc1. The van der Waals surface area contributed by atoms with Crippen LogP contribution in [0.15, 0.2) is 42.7 Å². The number of nitrogens with zero attached hydrogens (tertiary/aromatic N) is 5. The Kier molecular flexibility index (Phi) is 4.97. The lowest BCUT2D eigenvalue weighted by Gasteiger charge is -2.42. The fraction of sp³-hybridized carbons (Fsp3) is 0.429. The van der Waals surface area contributed by atoms with Crippen molar-refractivity contribution in [1.29, 1.82) is 5.26 Å². The van der Waals surface area contributed by atoms with Gasteiger partial charge in [0.05, 0.1) is 11.6 Å². The molecule has 2 fully saturated rings. The third-order valence-corrected chi connectivity index (χ3v) is 6.18. The zero-order valence-electron chi connectivity index (χ0n) is 15.7. The lowest BCUT2D eigenvalue weighted by Crippen LogP contribution is -2.47. The molecule has 28 heavy (non-hydrogen) atoms. The molecule has 1 aromatic heterocycles. The second-order valence-corrected chi connectivity index (χ2v) is 7.65. The van der Waals surface area contributed by atoms with Crippen LogP contribution in [0.4, 0.5) is 5.95 Å². The van der Waals surface area contributed by atoms with Gasteiger partial charge in [-0.3, -0.25) is 4.79 Å². The molecule has 7 nitrogen and oxygen atoms in total. The van der Waals surface area contributed by atoms with Crippen molar-refractivity contribution in [1.82, 2.24) is 14.9 Å². The molecule has 1 amide bonds. The quantitative estimate of drug-likeness (QED) is 0.875. The van der Waals surface area contributed by atoms with E-state index in [1.165, 1.54) is 0 Å². The first-order valence-corrected chi connectivity index (χ1v) is 9.57.